The first-order valence-electron chi connectivity index (χ1n) is 9.30. The number of amides is 1. The number of nitrogens with one attached hydrogen (secondary N) is 1. The average molecular weight is 456 g/mol. The SMILES string of the molecule is Cc1c(NC(=O)CSc2nnc(-c3cccc(Cl)c3)o2)c(=O)n(-c2ccccc2)n1C. The summed E-state index contributed by atoms with van der Waals surface area (Å²) in [5.41, 5.74) is 1.99. The fourth-order valence-electron chi connectivity index (χ4n) is 3.02. The van der Waals surface area contributed by atoms with Crippen LogP contribution in [0.15, 0.2) is 69.0 Å². The van der Waals surface area contributed by atoms with Crippen LogP contribution in [-0.4, -0.2) is 31.2 Å². The van der Waals surface area contributed by atoms with Crippen molar-refractivity contribution in [3.05, 3.63) is 75.7 Å². The summed E-state index contributed by atoms with van der Waals surface area (Å²) in [6.07, 6.45) is 0. The Morgan fingerprint density at radius 1 is 1.16 bits per heavy atom. The van der Waals surface area contributed by atoms with Crippen LogP contribution in [0.3, 0.4) is 0 Å². The van der Waals surface area contributed by atoms with Gasteiger partial charge in [-0.2, -0.15) is 0 Å². The van der Waals surface area contributed by atoms with Crippen LogP contribution in [0.1, 0.15) is 5.69 Å². The molecule has 0 aliphatic carbocycles. The molecule has 0 radical (unpaired) electrons. The largest absolute Gasteiger partial charge is 0.411 e. The number of nitrogens with zero attached hydrogens (tertiary/aromatic N) is 4. The van der Waals surface area contributed by atoms with E-state index in [1.54, 1.807) is 42.9 Å². The van der Waals surface area contributed by atoms with Crippen LogP contribution in [0.4, 0.5) is 5.69 Å². The molecule has 0 spiro atoms. The van der Waals surface area contributed by atoms with E-state index in [-0.39, 0.29) is 28.1 Å². The molecule has 4 aromatic rings. The second-order valence-electron chi connectivity index (χ2n) is 6.66. The number of aromatic nitrogens is 4. The maximum Gasteiger partial charge on any atom is 0.295 e. The van der Waals surface area contributed by atoms with Crippen LogP contribution < -0.4 is 10.9 Å². The molecule has 0 aliphatic rings. The maximum atomic E-state index is 12.9. The molecule has 158 valence electrons. The summed E-state index contributed by atoms with van der Waals surface area (Å²) in [7, 11) is 1.77. The third-order valence-corrected chi connectivity index (χ3v) is 5.68. The molecule has 10 heteroatoms. The summed E-state index contributed by atoms with van der Waals surface area (Å²) in [6.45, 7) is 1.78. The molecule has 0 aliphatic heterocycles. The van der Waals surface area contributed by atoms with Gasteiger partial charge in [-0.3, -0.25) is 14.3 Å². The van der Waals surface area contributed by atoms with Gasteiger partial charge >= 0.3 is 0 Å². The van der Waals surface area contributed by atoms with E-state index in [9.17, 15) is 9.59 Å². The quantitative estimate of drug-likeness (QED) is 0.443. The number of carbonyl (C=O) groups is 1. The van der Waals surface area contributed by atoms with E-state index in [2.05, 4.69) is 15.5 Å². The van der Waals surface area contributed by atoms with Crippen molar-refractivity contribution >= 4 is 35.0 Å². The second kappa shape index (κ2) is 8.83. The molecule has 0 fully saturated rings. The van der Waals surface area contributed by atoms with Gasteiger partial charge in [0.15, 0.2) is 0 Å². The highest BCUT2D eigenvalue weighted by Gasteiger charge is 2.19. The normalized spacial score (nSPS) is 10.9. The van der Waals surface area contributed by atoms with E-state index in [0.29, 0.717) is 27.9 Å². The lowest BCUT2D eigenvalue weighted by molar-refractivity contribution is -0.113. The summed E-state index contributed by atoms with van der Waals surface area (Å²) in [5, 5.41) is 11.4. The lowest BCUT2D eigenvalue weighted by Gasteiger charge is -2.07. The molecule has 8 nitrogen and oxygen atoms in total. The van der Waals surface area contributed by atoms with E-state index in [1.807, 2.05) is 30.3 Å². The molecule has 0 saturated heterocycles. The molecule has 4 rings (SSSR count). The minimum Gasteiger partial charge on any atom is -0.411 e. The summed E-state index contributed by atoms with van der Waals surface area (Å²) in [6, 6.07) is 16.3. The topological polar surface area (TPSA) is 95.0 Å². The van der Waals surface area contributed by atoms with Gasteiger partial charge in [-0.25, -0.2) is 4.68 Å². The van der Waals surface area contributed by atoms with Gasteiger partial charge in [0.2, 0.25) is 11.8 Å². The molecule has 0 atom stereocenters. The third kappa shape index (κ3) is 4.42. The van der Waals surface area contributed by atoms with Crippen molar-refractivity contribution in [3.63, 3.8) is 0 Å². The second-order valence-corrected chi connectivity index (χ2v) is 8.02. The van der Waals surface area contributed by atoms with E-state index in [4.69, 9.17) is 16.0 Å². The number of carbonyl (C=O) groups excluding carboxylic acids is 1. The van der Waals surface area contributed by atoms with Crippen molar-refractivity contribution in [3.8, 4) is 17.1 Å². The number of hydrogen-bond donors (Lipinski definition) is 1. The van der Waals surface area contributed by atoms with Crippen molar-refractivity contribution < 1.29 is 9.21 Å². The number of hydrogen-bond acceptors (Lipinski definition) is 6. The lowest BCUT2D eigenvalue weighted by Crippen LogP contribution is -2.23. The number of thioether (sulfide) groups is 1. The Bertz CT molecular complexity index is 1300. The smallest absolute Gasteiger partial charge is 0.295 e. The van der Waals surface area contributed by atoms with Gasteiger partial charge in [-0.15, -0.1) is 10.2 Å². The minimum atomic E-state index is -0.349. The molecular weight excluding hydrogens is 438 g/mol. The fourth-order valence-corrected chi connectivity index (χ4v) is 3.77. The summed E-state index contributed by atoms with van der Waals surface area (Å²) >= 11 is 7.07. The highest BCUT2D eigenvalue weighted by Crippen LogP contribution is 2.25. The van der Waals surface area contributed by atoms with Gasteiger partial charge < -0.3 is 9.73 Å². The first kappa shape index (κ1) is 21.0. The van der Waals surface area contributed by atoms with E-state index in [1.165, 1.54) is 4.68 Å². The van der Waals surface area contributed by atoms with E-state index < -0.39 is 0 Å². The molecule has 1 amide bonds. The van der Waals surface area contributed by atoms with Crippen LogP contribution in [0.25, 0.3) is 17.1 Å². The minimum absolute atomic E-state index is 0.0102. The monoisotopic (exact) mass is 455 g/mol. The Balaban J connectivity index is 1.45. The Hall–Kier alpha value is -3.30. The van der Waals surface area contributed by atoms with Crippen LogP contribution in [-0.2, 0) is 11.8 Å². The standard InChI is InChI=1S/C21H18ClN5O3S/c1-13-18(20(29)27(26(13)2)16-9-4-3-5-10-16)23-17(28)12-31-21-25-24-19(30-21)14-7-6-8-15(22)11-14/h3-11H,12H2,1-2H3,(H,23,28). The summed E-state index contributed by atoms with van der Waals surface area (Å²) < 4.78 is 8.80. The van der Waals surface area contributed by atoms with Gasteiger partial charge in [-0.1, -0.05) is 47.6 Å². The third-order valence-electron chi connectivity index (χ3n) is 4.62. The zero-order valence-electron chi connectivity index (χ0n) is 16.7. The van der Waals surface area contributed by atoms with E-state index in [0.717, 1.165) is 11.8 Å². The first-order chi connectivity index (χ1) is 14.9. The zero-order chi connectivity index (χ0) is 22.0. The average Bonchev–Trinajstić information content (AvgIpc) is 3.32. The molecule has 2 aromatic heterocycles. The number of para-hydroxylation sites is 1. The molecule has 2 heterocycles. The Kier molecular flexibility index (Phi) is 5.97. The maximum absolute atomic E-state index is 12.9. The number of rotatable bonds is 6. The number of anilines is 1. The fraction of sp³-hybridized carbons (Fsp3) is 0.143. The zero-order valence-corrected chi connectivity index (χ0v) is 18.3. The van der Waals surface area contributed by atoms with Gasteiger partial charge in [0.05, 0.1) is 17.1 Å². The Morgan fingerprint density at radius 2 is 1.94 bits per heavy atom. The Labute approximate surface area is 186 Å². The predicted octanol–water partition coefficient (Wildman–Crippen LogP) is 3.92. The molecule has 0 bridgehead atoms. The highest BCUT2D eigenvalue weighted by atomic mass is 35.5. The molecule has 31 heavy (non-hydrogen) atoms. The summed E-state index contributed by atoms with van der Waals surface area (Å²) in [4.78, 5) is 25.3. The van der Waals surface area contributed by atoms with E-state index >= 15 is 0 Å². The van der Waals surface area contributed by atoms with Crippen LogP contribution in [0.2, 0.25) is 5.02 Å². The van der Waals surface area contributed by atoms with Gasteiger partial charge in [0.25, 0.3) is 10.8 Å². The lowest BCUT2D eigenvalue weighted by atomic mass is 10.2. The molecule has 1 N–H and O–H groups in total. The van der Waals surface area contributed by atoms with Crippen molar-refractivity contribution in [2.75, 3.05) is 11.1 Å². The Morgan fingerprint density at radius 3 is 2.68 bits per heavy atom. The van der Waals surface area contributed by atoms with Gasteiger partial charge in [0, 0.05) is 17.6 Å². The van der Waals surface area contributed by atoms with Crippen molar-refractivity contribution in [2.24, 2.45) is 7.05 Å². The molecule has 2 aromatic carbocycles. The molecule has 0 saturated carbocycles. The predicted molar refractivity (Wildman–Crippen MR) is 120 cm³/mol. The van der Waals surface area contributed by atoms with Gasteiger partial charge in [0.1, 0.15) is 5.69 Å². The highest BCUT2D eigenvalue weighted by molar-refractivity contribution is 7.99. The molecular formula is C21H18ClN5O3S. The number of benzene rings is 2. The van der Waals surface area contributed by atoms with Crippen molar-refractivity contribution in [2.45, 2.75) is 12.1 Å². The van der Waals surface area contributed by atoms with Crippen LogP contribution in [0.5, 0.6) is 0 Å². The van der Waals surface area contributed by atoms with Crippen LogP contribution >= 0.6 is 23.4 Å². The van der Waals surface area contributed by atoms with Crippen LogP contribution in [0, 0.1) is 6.92 Å². The number of halogens is 1. The van der Waals surface area contributed by atoms with Gasteiger partial charge in [-0.05, 0) is 37.3 Å². The van der Waals surface area contributed by atoms with Crippen molar-refractivity contribution in [1.82, 2.24) is 19.6 Å². The van der Waals surface area contributed by atoms with Crippen molar-refractivity contribution in [1.29, 1.82) is 0 Å². The summed E-state index contributed by atoms with van der Waals surface area (Å²) in [5.74, 6) is -0.0235. The first-order valence-corrected chi connectivity index (χ1v) is 10.7. The molecule has 0 unspecified atom stereocenters.